The van der Waals surface area contributed by atoms with Crippen molar-refractivity contribution in [2.24, 2.45) is 0 Å². The van der Waals surface area contributed by atoms with Crippen molar-refractivity contribution in [1.82, 2.24) is 5.32 Å². The number of aryl methyl sites for hydroxylation is 1. The Kier molecular flexibility index (Phi) is 4.29. The molecule has 0 aliphatic carbocycles. The van der Waals surface area contributed by atoms with E-state index in [0.29, 0.717) is 5.56 Å². The first-order valence-electron chi connectivity index (χ1n) is 5.74. The number of benzene rings is 1. The van der Waals surface area contributed by atoms with Crippen LogP contribution in [0.2, 0.25) is 0 Å². The van der Waals surface area contributed by atoms with Crippen molar-refractivity contribution >= 4 is 11.3 Å². The normalized spacial score (nSPS) is 10.7. The van der Waals surface area contributed by atoms with Gasteiger partial charge in [-0.3, -0.25) is 0 Å². The van der Waals surface area contributed by atoms with Crippen LogP contribution in [-0.4, -0.2) is 6.54 Å². The van der Waals surface area contributed by atoms with E-state index in [1.165, 1.54) is 4.88 Å². The third-order valence-corrected chi connectivity index (χ3v) is 3.63. The Hall–Kier alpha value is -1.19. The average molecular weight is 249 g/mol. The molecule has 0 amide bonds. The van der Waals surface area contributed by atoms with E-state index in [1.807, 2.05) is 12.1 Å². The largest absolute Gasteiger partial charge is 0.312 e. The molecule has 2 aromatic rings. The van der Waals surface area contributed by atoms with E-state index in [-0.39, 0.29) is 5.82 Å². The topological polar surface area (TPSA) is 12.0 Å². The van der Waals surface area contributed by atoms with Crippen LogP contribution in [0, 0.1) is 12.7 Å². The highest BCUT2D eigenvalue weighted by molar-refractivity contribution is 7.09. The summed E-state index contributed by atoms with van der Waals surface area (Å²) in [5, 5.41) is 5.41. The Morgan fingerprint density at radius 1 is 1.29 bits per heavy atom. The summed E-state index contributed by atoms with van der Waals surface area (Å²) in [5.74, 6) is -0.123. The summed E-state index contributed by atoms with van der Waals surface area (Å²) in [7, 11) is 0. The van der Waals surface area contributed by atoms with Crippen LogP contribution in [0.15, 0.2) is 35.7 Å². The molecule has 1 aromatic carbocycles. The van der Waals surface area contributed by atoms with Gasteiger partial charge in [-0.05, 0) is 42.0 Å². The van der Waals surface area contributed by atoms with E-state index in [9.17, 15) is 4.39 Å². The Bertz CT molecular complexity index is 465. The smallest absolute Gasteiger partial charge is 0.126 e. The molecule has 0 saturated carbocycles. The van der Waals surface area contributed by atoms with Crippen molar-refractivity contribution in [3.05, 3.63) is 57.5 Å². The lowest BCUT2D eigenvalue weighted by molar-refractivity contribution is 0.611. The fourth-order valence-electron chi connectivity index (χ4n) is 1.65. The van der Waals surface area contributed by atoms with Gasteiger partial charge in [-0.25, -0.2) is 4.39 Å². The molecule has 0 bridgehead atoms. The van der Waals surface area contributed by atoms with Crippen LogP contribution in [0.3, 0.4) is 0 Å². The molecule has 0 aliphatic heterocycles. The molecule has 0 atom stereocenters. The molecule has 0 unspecified atom stereocenters. The second-order valence-corrected chi connectivity index (χ2v) is 5.12. The third kappa shape index (κ3) is 3.65. The minimum absolute atomic E-state index is 0.123. The molecule has 0 aliphatic rings. The molecule has 0 spiro atoms. The minimum atomic E-state index is -0.123. The maximum absolute atomic E-state index is 13.3. The monoisotopic (exact) mass is 249 g/mol. The van der Waals surface area contributed by atoms with Gasteiger partial charge in [0.25, 0.3) is 0 Å². The van der Waals surface area contributed by atoms with Crippen molar-refractivity contribution in [3.8, 4) is 0 Å². The predicted octanol–water partition coefficient (Wildman–Crippen LogP) is 3.53. The third-order valence-electron chi connectivity index (χ3n) is 2.69. The Labute approximate surface area is 105 Å². The van der Waals surface area contributed by atoms with Crippen molar-refractivity contribution in [1.29, 1.82) is 0 Å². The molecule has 1 heterocycles. The van der Waals surface area contributed by atoms with Gasteiger partial charge in [-0.2, -0.15) is 0 Å². The Morgan fingerprint density at radius 3 is 2.88 bits per heavy atom. The van der Waals surface area contributed by atoms with Gasteiger partial charge < -0.3 is 5.32 Å². The highest BCUT2D eigenvalue weighted by Gasteiger charge is 1.99. The standard InChI is InChI=1S/C14H16FNS/c1-11-4-5-12(9-14(11)15)10-16-7-6-13-3-2-8-17-13/h2-5,8-9,16H,6-7,10H2,1H3. The van der Waals surface area contributed by atoms with Crippen molar-refractivity contribution in [2.75, 3.05) is 6.54 Å². The van der Waals surface area contributed by atoms with Crippen LogP contribution < -0.4 is 5.32 Å². The maximum atomic E-state index is 13.3. The van der Waals surface area contributed by atoms with Crippen LogP contribution in [0.5, 0.6) is 0 Å². The van der Waals surface area contributed by atoms with E-state index < -0.39 is 0 Å². The van der Waals surface area contributed by atoms with E-state index >= 15 is 0 Å². The zero-order valence-corrected chi connectivity index (χ0v) is 10.7. The van der Waals surface area contributed by atoms with Gasteiger partial charge >= 0.3 is 0 Å². The molecule has 1 N–H and O–H groups in total. The first kappa shape index (κ1) is 12.3. The lowest BCUT2D eigenvalue weighted by atomic mass is 10.1. The second kappa shape index (κ2) is 5.94. The maximum Gasteiger partial charge on any atom is 0.126 e. The van der Waals surface area contributed by atoms with E-state index in [4.69, 9.17) is 0 Å². The van der Waals surface area contributed by atoms with Crippen LogP contribution in [0.1, 0.15) is 16.0 Å². The van der Waals surface area contributed by atoms with E-state index in [2.05, 4.69) is 22.8 Å². The summed E-state index contributed by atoms with van der Waals surface area (Å²) in [4.78, 5) is 1.38. The van der Waals surface area contributed by atoms with Gasteiger partial charge in [-0.15, -0.1) is 11.3 Å². The Balaban J connectivity index is 1.76. The lowest BCUT2D eigenvalue weighted by Crippen LogP contribution is -2.16. The Morgan fingerprint density at radius 2 is 2.18 bits per heavy atom. The fraction of sp³-hybridized carbons (Fsp3) is 0.286. The molecular formula is C14H16FNS. The van der Waals surface area contributed by atoms with Crippen molar-refractivity contribution in [2.45, 2.75) is 19.9 Å². The van der Waals surface area contributed by atoms with Gasteiger partial charge in [0.1, 0.15) is 5.82 Å². The van der Waals surface area contributed by atoms with Crippen LogP contribution in [0.4, 0.5) is 4.39 Å². The van der Waals surface area contributed by atoms with Crippen LogP contribution >= 0.6 is 11.3 Å². The van der Waals surface area contributed by atoms with Gasteiger partial charge in [0.2, 0.25) is 0 Å². The zero-order chi connectivity index (χ0) is 12.1. The summed E-state index contributed by atoms with van der Waals surface area (Å²) >= 11 is 1.77. The summed E-state index contributed by atoms with van der Waals surface area (Å²) in [6.07, 6.45) is 1.03. The van der Waals surface area contributed by atoms with Gasteiger partial charge in [0.05, 0.1) is 0 Å². The number of thiophene rings is 1. The van der Waals surface area contributed by atoms with Gasteiger partial charge in [0, 0.05) is 18.0 Å². The first-order chi connectivity index (χ1) is 8.25. The molecule has 17 heavy (non-hydrogen) atoms. The number of hydrogen-bond acceptors (Lipinski definition) is 2. The summed E-state index contributed by atoms with van der Waals surface area (Å²) in [5.41, 5.74) is 1.70. The highest BCUT2D eigenvalue weighted by Crippen LogP contribution is 2.10. The zero-order valence-electron chi connectivity index (χ0n) is 9.87. The average Bonchev–Trinajstić information content (AvgIpc) is 2.82. The number of halogens is 1. The second-order valence-electron chi connectivity index (χ2n) is 4.09. The fourth-order valence-corrected chi connectivity index (χ4v) is 2.35. The number of hydrogen-bond donors (Lipinski definition) is 1. The molecule has 3 heteroatoms. The highest BCUT2D eigenvalue weighted by atomic mass is 32.1. The lowest BCUT2D eigenvalue weighted by Gasteiger charge is -2.05. The van der Waals surface area contributed by atoms with E-state index in [0.717, 1.165) is 25.1 Å². The van der Waals surface area contributed by atoms with Gasteiger partial charge in [0.15, 0.2) is 0 Å². The number of rotatable bonds is 5. The van der Waals surface area contributed by atoms with Crippen LogP contribution in [-0.2, 0) is 13.0 Å². The summed E-state index contributed by atoms with van der Waals surface area (Å²) in [6, 6.07) is 9.60. The molecular weight excluding hydrogens is 233 g/mol. The minimum Gasteiger partial charge on any atom is -0.312 e. The molecule has 1 aromatic heterocycles. The van der Waals surface area contributed by atoms with Crippen molar-refractivity contribution < 1.29 is 4.39 Å². The summed E-state index contributed by atoms with van der Waals surface area (Å²) < 4.78 is 13.3. The molecule has 0 radical (unpaired) electrons. The number of nitrogens with one attached hydrogen (secondary N) is 1. The molecule has 0 saturated heterocycles. The molecule has 1 nitrogen and oxygen atoms in total. The molecule has 90 valence electrons. The SMILES string of the molecule is Cc1ccc(CNCCc2cccs2)cc1F. The first-order valence-corrected chi connectivity index (χ1v) is 6.62. The van der Waals surface area contributed by atoms with Gasteiger partial charge in [-0.1, -0.05) is 18.2 Å². The summed E-state index contributed by atoms with van der Waals surface area (Å²) in [6.45, 7) is 3.43. The van der Waals surface area contributed by atoms with Crippen LogP contribution in [0.25, 0.3) is 0 Å². The quantitative estimate of drug-likeness (QED) is 0.799. The molecule has 2 rings (SSSR count). The van der Waals surface area contributed by atoms with Crippen molar-refractivity contribution in [3.63, 3.8) is 0 Å². The predicted molar refractivity (Wildman–Crippen MR) is 70.9 cm³/mol. The molecule has 0 fully saturated rings. The van der Waals surface area contributed by atoms with E-state index in [1.54, 1.807) is 24.3 Å².